The smallest absolute Gasteiger partial charge is 0.129 e. The molecule has 2 aromatic heterocycles. The minimum atomic E-state index is 0.402. The summed E-state index contributed by atoms with van der Waals surface area (Å²) in [5, 5.41) is 7.94. The standard InChI is InChI=1S/C12H14N6/c1-8-2-3-10-11(4-8)15-12(14-10)7-18-6-9(5-13)16-17-18/h2-4,6H,5,7,13H2,1H3,(H,14,15). The van der Waals surface area contributed by atoms with Gasteiger partial charge in [0.05, 0.1) is 22.9 Å². The molecule has 6 nitrogen and oxygen atoms in total. The molecule has 0 spiro atoms. The van der Waals surface area contributed by atoms with Crippen molar-refractivity contribution in [1.29, 1.82) is 0 Å². The molecule has 0 aliphatic rings. The predicted molar refractivity (Wildman–Crippen MR) is 67.8 cm³/mol. The molecule has 3 aromatic rings. The highest BCUT2D eigenvalue weighted by atomic mass is 15.4. The Labute approximate surface area is 104 Å². The van der Waals surface area contributed by atoms with Crippen LogP contribution in [0.5, 0.6) is 0 Å². The number of nitrogens with one attached hydrogen (secondary N) is 1. The van der Waals surface area contributed by atoms with Crippen molar-refractivity contribution in [2.45, 2.75) is 20.0 Å². The molecule has 3 N–H and O–H groups in total. The van der Waals surface area contributed by atoms with Gasteiger partial charge in [0.1, 0.15) is 12.4 Å². The molecule has 1 aromatic carbocycles. The summed E-state index contributed by atoms with van der Waals surface area (Å²) in [6.07, 6.45) is 1.83. The van der Waals surface area contributed by atoms with Crippen molar-refractivity contribution in [1.82, 2.24) is 25.0 Å². The predicted octanol–water partition coefficient (Wildman–Crippen LogP) is 0.970. The Morgan fingerprint density at radius 3 is 3.06 bits per heavy atom. The third-order valence-electron chi connectivity index (χ3n) is 2.79. The van der Waals surface area contributed by atoms with Crippen molar-refractivity contribution in [3.8, 4) is 0 Å². The molecule has 0 fully saturated rings. The van der Waals surface area contributed by atoms with Crippen molar-refractivity contribution in [3.63, 3.8) is 0 Å². The lowest BCUT2D eigenvalue weighted by atomic mass is 10.2. The normalized spacial score (nSPS) is 11.2. The Morgan fingerprint density at radius 1 is 1.39 bits per heavy atom. The Hall–Kier alpha value is -2.21. The fourth-order valence-electron chi connectivity index (χ4n) is 1.91. The third kappa shape index (κ3) is 1.98. The van der Waals surface area contributed by atoms with Crippen LogP contribution in [0, 0.1) is 6.92 Å². The number of benzene rings is 1. The third-order valence-corrected chi connectivity index (χ3v) is 2.79. The lowest BCUT2D eigenvalue weighted by Gasteiger charge is -1.94. The van der Waals surface area contributed by atoms with Crippen molar-refractivity contribution in [2.75, 3.05) is 0 Å². The minimum absolute atomic E-state index is 0.402. The minimum Gasteiger partial charge on any atom is -0.340 e. The van der Waals surface area contributed by atoms with E-state index in [1.165, 1.54) is 5.56 Å². The largest absolute Gasteiger partial charge is 0.340 e. The molecule has 0 atom stereocenters. The molecule has 18 heavy (non-hydrogen) atoms. The first kappa shape index (κ1) is 10.9. The Bertz CT molecular complexity index is 681. The molecule has 0 bridgehead atoms. The van der Waals surface area contributed by atoms with Crippen LogP contribution < -0.4 is 5.73 Å². The van der Waals surface area contributed by atoms with Crippen LogP contribution in [-0.2, 0) is 13.1 Å². The van der Waals surface area contributed by atoms with Crippen LogP contribution in [0.15, 0.2) is 24.4 Å². The summed E-state index contributed by atoms with van der Waals surface area (Å²) in [7, 11) is 0. The molecule has 0 saturated carbocycles. The number of aromatic nitrogens is 5. The van der Waals surface area contributed by atoms with Gasteiger partial charge in [0.15, 0.2) is 0 Å². The van der Waals surface area contributed by atoms with E-state index >= 15 is 0 Å². The zero-order chi connectivity index (χ0) is 12.5. The molecule has 3 rings (SSSR count). The van der Waals surface area contributed by atoms with Crippen LogP contribution in [0.2, 0.25) is 0 Å². The van der Waals surface area contributed by atoms with Gasteiger partial charge in [0.25, 0.3) is 0 Å². The average Bonchev–Trinajstić information content (AvgIpc) is 2.95. The van der Waals surface area contributed by atoms with E-state index in [1.54, 1.807) is 4.68 Å². The number of fused-ring (bicyclic) bond motifs is 1. The lowest BCUT2D eigenvalue weighted by molar-refractivity contribution is 0.630. The van der Waals surface area contributed by atoms with Crippen molar-refractivity contribution >= 4 is 11.0 Å². The number of H-pyrrole nitrogens is 1. The zero-order valence-electron chi connectivity index (χ0n) is 10.1. The van der Waals surface area contributed by atoms with Gasteiger partial charge in [-0.1, -0.05) is 11.3 Å². The first-order valence-electron chi connectivity index (χ1n) is 5.79. The number of imidazole rings is 1. The summed E-state index contributed by atoms with van der Waals surface area (Å²) in [6, 6.07) is 6.14. The number of nitrogens with zero attached hydrogens (tertiary/aromatic N) is 4. The van der Waals surface area contributed by atoms with E-state index in [2.05, 4.69) is 39.3 Å². The summed E-state index contributed by atoms with van der Waals surface area (Å²) in [4.78, 5) is 7.79. The molecule has 0 saturated heterocycles. The number of aromatic amines is 1. The van der Waals surface area contributed by atoms with Crippen LogP contribution in [-0.4, -0.2) is 25.0 Å². The van der Waals surface area contributed by atoms with Gasteiger partial charge in [-0.05, 0) is 24.6 Å². The number of hydrogen-bond donors (Lipinski definition) is 2. The fraction of sp³-hybridized carbons (Fsp3) is 0.250. The number of aryl methyl sites for hydroxylation is 1. The Balaban J connectivity index is 1.90. The Kier molecular flexibility index (Phi) is 2.56. The summed E-state index contributed by atoms with van der Waals surface area (Å²) in [6.45, 7) is 3.03. The summed E-state index contributed by atoms with van der Waals surface area (Å²) in [5.74, 6) is 0.865. The monoisotopic (exact) mass is 242 g/mol. The quantitative estimate of drug-likeness (QED) is 0.716. The molecule has 92 valence electrons. The van der Waals surface area contributed by atoms with Gasteiger partial charge in [-0.3, -0.25) is 0 Å². The van der Waals surface area contributed by atoms with Crippen molar-refractivity contribution in [3.05, 3.63) is 41.5 Å². The van der Waals surface area contributed by atoms with E-state index in [0.29, 0.717) is 13.1 Å². The Morgan fingerprint density at radius 2 is 2.28 bits per heavy atom. The highest BCUT2D eigenvalue weighted by Gasteiger charge is 2.05. The molecular weight excluding hydrogens is 228 g/mol. The zero-order valence-corrected chi connectivity index (χ0v) is 10.1. The van der Waals surface area contributed by atoms with E-state index in [-0.39, 0.29) is 0 Å². The van der Waals surface area contributed by atoms with Crippen LogP contribution >= 0.6 is 0 Å². The van der Waals surface area contributed by atoms with Gasteiger partial charge in [0, 0.05) is 6.54 Å². The van der Waals surface area contributed by atoms with Crippen LogP contribution in [0.4, 0.5) is 0 Å². The van der Waals surface area contributed by atoms with Gasteiger partial charge in [0.2, 0.25) is 0 Å². The molecule has 2 heterocycles. The molecule has 0 amide bonds. The summed E-state index contributed by atoms with van der Waals surface area (Å²) in [5.41, 5.74) is 9.50. The lowest BCUT2D eigenvalue weighted by Crippen LogP contribution is -2.02. The summed E-state index contributed by atoms with van der Waals surface area (Å²) >= 11 is 0. The van der Waals surface area contributed by atoms with Gasteiger partial charge < -0.3 is 10.7 Å². The fourth-order valence-corrected chi connectivity index (χ4v) is 1.91. The highest BCUT2D eigenvalue weighted by Crippen LogP contribution is 2.13. The van der Waals surface area contributed by atoms with Gasteiger partial charge in [-0.25, -0.2) is 9.67 Å². The molecule has 0 aliphatic heterocycles. The van der Waals surface area contributed by atoms with Crippen LogP contribution in [0.25, 0.3) is 11.0 Å². The van der Waals surface area contributed by atoms with Crippen LogP contribution in [0.3, 0.4) is 0 Å². The molecular formula is C12H14N6. The van der Waals surface area contributed by atoms with E-state index in [0.717, 1.165) is 22.6 Å². The first-order chi connectivity index (χ1) is 8.74. The van der Waals surface area contributed by atoms with Gasteiger partial charge in [-0.2, -0.15) is 0 Å². The maximum absolute atomic E-state index is 5.50. The van der Waals surface area contributed by atoms with Crippen molar-refractivity contribution < 1.29 is 0 Å². The average molecular weight is 242 g/mol. The molecule has 0 aliphatic carbocycles. The van der Waals surface area contributed by atoms with E-state index in [9.17, 15) is 0 Å². The highest BCUT2D eigenvalue weighted by molar-refractivity contribution is 5.75. The second-order valence-corrected chi connectivity index (χ2v) is 4.32. The molecule has 0 unspecified atom stereocenters. The topological polar surface area (TPSA) is 85.4 Å². The number of nitrogens with two attached hydrogens (primary N) is 1. The number of hydrogen-bond acceptors (Lipinski definition) is 4. The van der Waals surface area contributed by atoms with Gasteiger partial charge in [-0.15, -0.1) is 5.10 Å². The second kappa shape index (κ2) is 4.23. The maximum Gasteiger partial charge on any atom is 0.129 e. The first-order valence-corrected chi connectivity index (χ1v) is 5.79. The van der Waals surface area contributed by atoms with Gasteiger partial charge >= 0.3 is 0 Å². The molecule has 6 heteroatoms. The second-order valence-electron chi connectivity index (χ2n) is 4.32. The van der Waals surface area contributed by atoms with Crippen LogP contribution in [0.1, 0.15) is 17.1 Å². The van der Waals surface area contributed by atoms with E-state index in [1.807, 2.05) is 12.3 Å². The van der Waals surface area contributed by atoms with E-state index in [4.69, 9.17) is 5.73 Å². The van der Waals surface area contributed by atoms with Crippen molar-refractivity contribution in [2.24, 2.45) is 5.73 Å². The molecule has 0 radical (unpaired) electrons. The number of rotatable bonds is 3. The van der Waals surface area contributed by atoms with E-state index < -0.39 is 0 Å². The maximum atomic E-state index is 5.50. The SMILES string of the molecule is Cc1ccc2nc(Cn3cc(CN)nn3)[nH]c2c1. The summed E-state index contributed by atoms with van der Waals surface area (Å²) < 4.78 is 1.73.